The van der Waals surface area contributed by atoms with Gasteiger partial charge in [0.05, 0.1) is 6.04 Å². The predicted molar refractivity (Wildman–Crippen MR) is 73.4 cm³/mol. The molecule has 0 aromatic heterocycles. The van der Waals surface area contributed by atoms with Crippen LogP contribution in [-0.2, 0) is 0 Å². The van der Waals surface area contributed by atoms with Gasteiger partial charge < -0.3 is 5.73 Å². The highest BCUT2D eigenvalue weighted by Gasteiger charge is 2.12. The Morgan fingerprint density at radius 1 is 1.06 bits per heavy atom. The van der Waals surface area contributed by atoms with Crippen LogP contribution in [0.1, 0.15) is 28.3 Å². The molecular weight excluding hydrogens is 230 g/mol. The van der Waals surface area contributed by atoms with Crippen molar-refractivity contribution in [2.24, 2.45) is 5.73 Å². The molecule has 1 atom stereocenters. The molecule has 0 bridgehead atoms. The van der Waals surface area contributed by atoms with E-state index in [0.717, 1.165) is 21.7 Å². The van der Waals surface area contributed by atoms with Crippen LogP contribution in [-0.4, -0.2) is 0 Å². The third-order valence-corrected chi connectivity index (χ3v) is 3.46. The molecule has 0 aliphatic carbocycles. The third-order valence-electron chi connectivity index (χ3n) is 3.05. The van der Waals surface area contributed by atoms with E-state index in [1.54, 1.807) is 0 Å². The topological polar surface area (TPSA) is 26.0 Å². The molecule has 0 aliphatic rings. The van der Waals surface area contributed by atoms with Crippen LogP contribution in [0.3, 0.4) is 0 Å². The summed E-state index contributed by atoms with van der Waals surface area (Å²) in [5.74, 6) is 0. The Kier molecular flexibility index (Phi) is 3.51. The molecule has 0 fully saturated rings. The van der Waals surface area contributed by atoms with Crippen LogP contribution in [0, 0.1) is 13.8 Å². The first-order valence-electron chi connectivity index (χ1n) is 5.67. The lowest BCUT2D eigenvalue weighted by molar-refractivity contribution is 0.860. The first-order valence-corrected chi connectivity index (χ1v) is 6.04. The second-order valence-corrected chi connectivity index (χ2v) is 4.75. The number of aryl methyl sites for hydroxylation is 1. The van der Waals surface area contributed by atoms with Gasteiger partial charge in [0.25, 0.3) is 0 Å². The summed E-state index contributed by atoms with van der Waals surface area (Å²) in [6, 6.07) is 14.0. The predicted octanol–water partition coefficient (Wildman–Crippen LogP) is 4.00. The Morgan fingerprint density at radius 3 is 2.47 bits per heavy atom. The summed E-state index contributed by atoms with van der Waals surface area (Å²) in [4.78, 5) is 0. The van der Waals surface area contributed by atoms with Crippen LogP contribution in [0.25, 0.3) is 0 Å². The van der Waals surface area contributed by atoms with Gasteiger partial charge in [0.15, 0.2) is 0 Å². The van der Waals surface area contributed by atoms with Crippen molar-refractivity contribution in [3.8, 4) is 0 Å². The average Bonchev–Trinajstić information content (AvgIpc) is 2.32. The summed E-state index contributed by atoms with van der Waals surface area (Å²) in [7, 11) is 0. The maximum absolute atomic E-state index is 6.30. The molecular formula is C15H16ClN. The van der Waals surface area contributed by atoms with E-state index in [0.29, 0.717) is 0 Å². The molecule has 2 heteroatoms. The second kappa shape index (κ2) is 4.91. The lowest BCUT2D eigenvalue weighted by Gasteiger charge is -2.16. The van der Waals surface area contributed by atoms with E-state index >= 15 is 0 Å². The summed E-state index contributed by atoms with van der Waals surface area (Å²) in [6.45, 7) is 4.08. The highest BCUT2D eigenvalue weighted by Crippen LogP contribution is 2.27. The van der Waals surface area contributed by atoms with Crippen molar-refractivity contribution in [1.29, 1.82) is 0 Å². The minimum absolute atomic E-state index is 0.117. The van der Waals surface area contributed by atoms with Gasteiger partial charge in [-0.2, -0.15) is 0 Å². The van der Waals surface area contributed by atoms with Crippen LogP contribution < -0.4 is 5.73 Å². The second-order valence-electron chi connectivity index (χ2n) is 4.35. The summed E-state index contributed by atoms with van der Waals surface area (Å²) >= 11 is 6.12. The minimum atomic E-state index is -0.117. The fourth-order valence-electron chi connectivity index (χ4n) is 2.00. The molecule has 88 valence electrons. The van der Waals surface area contributed by atoms with Gasteiger partial charge in [-0.05, 0) is 36.6 Å². The zero-order valence-corrected chi connectivity index (χ0v) is 10.8. The van der Waals surface area contributed by atoms with Gasteiger partial charge >= 0.3 is 0 Å². The van der Waals surface area contributed by atoms with Crippen molar-refractivity contribution in [2.45, 2.75) is 19.9 Å². The van der Waals surface area contributed by atoms with E-state index in [9.17, 15) is 0 Å². The standard InChI is InChI=1S/C15H16ClN/c1-10-5-3-6-12(9-10)15(17)13-7-4-8-14(16)11(13)2/h3-9,15H,17H2,1-2H3. The van der Waals surface area contributed by atoms with Crippen molar-refractivity contribution < 1.29 is 0 Å². The number of nitrogens with two attached hydrogens (primary N) is 1. The van der Waals surface area contributed by atoms with Crippen molar-refractivity contribution in [3.05, 3.63) is 69.7 Å². The Labute approximate surface area is 107 Å². The zero-order valence-electron chi connectivity index (χ0n) is 10.1. The highest BCUT2D eigenvalue weighted by molar-refractivity contribution is 6.31. The minimum Gasteiger partial charge on any atom is -0.320 e. The van der Waals surface area contributed by atoms with Crippen molar-refractivity contribution in [3.63, 3.8) is 0 Å². The first kappa shape index (κ1) is 12.2. The third kappa shape index (κ3) is 2.51. The molecule has 0 aliphatic heterocycles. The largest absolute Gasteiger partial charge is 0.320 e. The van der Waals surface area contributed by atoms with Gasteiger partial charge in [-0.25, -0.2) is 0 Å². The van der Waals surface area contributed by atoms with E-state index in [1.807, 2.05) is 31.2 Å². The number of hydrogen-bond acceptors (Lipinski definition) is 1. The molecule has 2 N–H and O–H groups in total. The Balaban J connectivity index is 2.44. The molecule has 2 rings (SSSR count). The van der Waals surface area contributed by atoms with E-state index in [2.05, 4.69) is 25.1 Å². The monoisotopic (exact) mass is 245 g/mol. The maximum atomic E-state index is 6.30. The number of halogens is 1. The van der Waals surface area contributed by atoms with Crippen LogP contribution in [0.15, 0.2) is 42.5 Å². The van der Waals surface area contributed by atoms with Crippen LogP contribution in [0.5, 0.6) is 0 Å². The van der Waals surface area contributed by atoms with Crippen LogP contribution >= 0.6 is 11.6 Å². The SMILES string of the molecule is Cc1cccc(C(N)c2cccc(Cl)c2C)c1. The quantitative estimate of drug-likeness (QED) is 0.850. The highest BCUT2D eigenvalue weighted by atomic mass is 35.5. The molecule has 0 spiro atoms. The summed E-state index contributed by atoms with van der Waals surface area (Å²) in [6.07, 6.45) is 0. The Bertz CT molecular complexity index is 534. The molecule has 1 nitrogen and oxygen atoms in total. The Morgan fingerprint density at radius 2 is 1.76 bits per heavy atom. The van der Waals surface area contributed by atoms with E-state index in [4.69, 9.17) is 17.3 Å². The number of rotatable bonds is 2. The molecule has 2 aromatic rings. The van der Waals surface area contributed by atoms with Gasteiger partial charge in [-0.1, -0.05) is 53.6 Å². The number of hydrogen-bond donors (Lipinski definition) is 1. The summed E-state index contributed by atoms with van der Waals surface area (Å²) in [5.41, 5.74) is 10.8. The Hall–Kier alpha value is -1.31. The lowest BCUT2D eigenvalue weighted by atomic mass is 9.95. The molecule has 0 amide bonds. The molecule has 2 aromatic carbocycles. The molecule has 0 radical (unpaired) electrons. The fraction of sp³-hybridized carbons (Fsp3) is 0.200. The van der Waals surface area contributed by atoms with Gasteiger partial charge in [0.1, 0.15) is 0 Å². The van der Waals surface area contributed by atoms with Gasteiger partial charge in [-0.3, -0.25) is 0 Å². The summed E-state index contributed by atoms with van der Waals surface area (Å²) in [5, 5.41) is 0.769. The van der Waals surface area contributed by atoms with Crippen LogP contribution in [0.4, 0.5) is 0 Å². The smallest absolute Gasteiger partial charge is 0.0554 e. The van der Waals surface area contributed by atoms with E-state index < -0.39 is 0 Å². The summed E-state index contributed by atoms with van der Waals surface area (Å²) < 4.78 is 0. The number of benzene rings is 2. The normalized spacial score (nSPS) is 12.5. The van der Waals surface area contributed by atoms with Crippen LogP contribution in [0.2, 0.25) is 5.02 Å². The van der Waals surface area contributed by atoms with Gasteiger partial charge in [-0.15, -0.1) is 0 Å². The molecule has 0 saturated carbocycles. The zero-order chi connectivity index (χ0) is 12.4. The first-order chi connectivity index (χ1) is 8.09. The van der Waals surface area contributed by atoms with E-state index in [-0.39, 0.29) is 6.04 Å². The molecule has 0 heterocycles. The fourth-order valence-corrected chi connectivity index (χ4v) is 2.19. The van der Waals surface area contributed by atoms with Gasteiger partial charge in [0, 0.05) is 5.02 Å². The average molecular weight is 246 g/mol. The van der Waals surface area contributed by atoms with E-state index in [1.165, 1.54) is 5.56 Å². The molecule has 1 unspecified atom stereocenters. The lowest BCUT2D eigenvalue weighted by Crippen LogP contribution is -2.13. The van der Waals surface area contributed by atoms with Crippen molar-refractivity contribution in [2.75, 3.05) is 0 Å². The molecule has 0 saturated heterocycles. The molecule has 17 heavy (non-hydrogen) atoms. The van der Waals surface area contributed by atoms with Crippen molar-refractivity contribution in [1.82, 2.24) is 0 Å². The van der Waals surface area contributed by atoms with Gasteiger partial charge in [0.2, 0.25) is 0 Å². The maximum Gasteiger partial charge on any atom is 0.0554 e. The van der Waals surface area contributed by atoms with Crippen molar-refractivity contribution >= 4 is 11.6 Å².